The molecule has 0 spiro atoms. The summed E-state index contributed by atoms with van der Waals surface area (Å²) in [4.78, 5) is 39.2. The van der Waals surface area contributed by atoms with Crippen molar-refractivity contribution < 1.29 is 14.0 Å². The van der Waals surface area contributed by atoms with Gasteiger partial charge in [0.2, 0.25) is 5.91 Å². The van der Waals surface area contributed by atoms with Gasteiger partial charge in [-0.3, -0.25) is 9.59 Å². The predicted octanol–water partition coefficient (Wildman–Crippen LogP) is 9.63. The first-order valence-corrected chi connectivity index (χ1v) is 17.1. The van der Waals surface area contributed by atoms with E-state index in [1.54, 1.807) is 42.5 Å². The molecule has 246 valence electrons. The number of amides is 2. The summed E-state index contributed by atoms with van der Waals surface area (Å²) in [5.74, 6) is 0.155. The summed E-state index contributed by atoms with van der Waals surface area (Å²) in [6, 6.07) is 33.2. The molecule has 2 heterocycles. The van der Waals surface area contributed by atoms with Crippen LogP contribution in [-0.2, 0) is 4.79 Å². The lowest BCUT2D eigenvalue weighted by atomic mass is 10.0. The molecule has 0 bridgehead atoms. The number of aryl methyl sites for hydroxylation is 1. The summed E-state index contributed by atoms with van der Waals surface area (Å²) in [7, 11) is 0. The average Bonchev–Trinajstić information content (AvgIpc) is 3.73. The number of fused-ring (bicyclic) bond motifs is 2. The molecule has 1 atom stereocenters. The smallest absolute Gasteiger partial charge is 0.257 e. The number of H-pyrrole nitrogens is 1. The second-order valence-electron chi connectivity index (χ2n) is 11.7. The third-order valence-electron chi connectivity index (χ3n) is 8.11. The van der Waals surface area contributed by atoms with Crippen LogP contribution >= 0.6 is 23.4 Å². The Kier molecular flexibility index (Phi) is 9.09. The first-order valence-electron chi connectivity index (χ1n) is 15.8. The van der Waals surface area contributed by atoms with E-state index in [1.165, 1.54) is 11.8 Å². The first kappa shape index (κ1) is 32.6. The molecule has 0 aliphatic carbocycles. The van der Waals surface area contributed by atoms with Crippen molar-refractivity contribution in [2.45, 2.75) is 30.7 Å². The SMILES string of the molecule is CCC(Sc1nc2ccc(-c3cc(Cl)cc(C(=O)Nc4cccc(-c5nc6ccc(C)cc6[nH]5)c4)c3)cc2o1)C(=O)Nc1ccccc1C#N. The standard InChI is InChI=1S/C39H29ClN6O3S/c1-3-35(38(48)45-30-10-5-4-7-25(30)21-41)50-39-46-32-14-12-23(20-34(32)49-39)26-16-27(18-28(40)17-26)37(47)42-29-9-6-8-24(19-29)36-43-31-13-11-22(2)15-33(31)44-36/h4-20,35H,3H2,1-2H3,(H,42,47)(H,43,44)(H,45,48). The van der Waals surface area contributed by atoms with E-state index >= 15 is 0 Å². The summed E-state index contributed by atoms with van der Waals surface area (Å²) in [6.07, 6.45) is 0.520. The molecule has 11 heteroatoms. The summed E-state index contributed by atoms with van der Waals surface area (Å²) in [6.45, 7) is 3.94. The van der Waals surface area contributed by atoms with E-state index in [-0.39, 0.29) is 11.8 Å². The Morgan fingerprint density at radius 3 is 2.58 bits per heavy atom. The number of imidazole rings is 1. The maximum Gasteiger partial charge on any atom is 0.257 e. The van der Waals surface area contributed by atoms with Gasteiger partial charge in [-0.25, -0.2) is 9.97 Å². The number of halogens is 1. The molecule has 0 aliphatic rings. The minimum atomic E-state index is -0.494. The highest BCUT2D eigenvalue weighted by atomic mass is 35.5. The molecule has 0 radical (unpaired) electrons. The predicted molar refractivity (Wildman–Crippen MR) is 198 cm³/mol. The third-order valence-corrected chi connectivity index (χ3v) is 9.53. The molecule has 0 saturated heterocycles. The van der Waals surface area contributed by atoms with Crippen LogP contribution in [0.25, 0.3) is 44.6 Å². The molecule has 3 N–H and O–H groups in total. The summed E-state index contributed by atoms with van der Waals surface area (Å²) in [5.41, 5.74) is 8.32. The van der Waals surface area contributed by atoms with Crippen molar-refractivity contribution in [3.63, 3.8) is 0 Å². The lowest BCUT2D eigenvalue weighted by Crippen LogP contribution is -2.25. The van der Waals surface area contributed by atoms with Crippen molar-refractivity contribution in [2.24, 2.45) is 0 Å². The number of hydrogen-bond acceptors (Lipinski definition) is 7. The number of benzene rings is 5. The van der Waals surface area contributed by atoms with E-state index in [1.807, 2.05) is 68.4 Å². The van der Waals surface area contributed by atoms with Gasteiger partial charge in [-0.1, -0.05) is 66.7 Å². The number of aromatic nitrogens is 3. The van der Waals surface area contributed by atoms with Gasteiger partial charge >= 0.3 is 0 Å². The Bertz CT molecular complexity index is 2460. The van der Waals surface area contributed by atoms with Crippen LogP contribution in [0.2, 0.25) is 5.02 Å². The minimum absolute atomic E-state index is 0.246. The maximum atomic E-state index is 13.5. The molecule has 50 heavy (non-hydrogen) atoms. The number of aromatic amines is 1. The van der Waals surface area contributed by atoms with Crippen LogP contribution < -0.4 is 10.6 Å². The fourth-order valence-corrected chi connectivity index (χ4v) is 6.68. The molecule has 7 rings (SSSR count). The van der Waals surface area contributed by atoms with Gasteiger partial charge in [0, 0.05) is 21.8 Å². The van der Waals surface area contributed by atoms with E-state index < -0.39 is 5.25 Å². The number of carbonyl (C=O) groups excluding carboxylic acids is 2. The molecule has 2 amide bonds. The van der Waals surface area contributed by atoms with Gasteiger partial charge in [0.05, 0.1) is 27.5 Å². The molecular weight excluding hydrogens is 668 g/mol. The van der Waals surface area contributed by atoms with Crippen molar-refractivity contribution in [1.82, 2.24) is 15.0 Å². The normalized spacial score (nSPS) is 11.7. The Morgan fingerprint density at radius 1 is 0.900 bits per heavy atom. The highest BCUT2D eigenvalue weighted by Crippen LogP contribution is 2.33. The zero-order valence-electron chi connectivity index (χ0n) is 27.0. The Morgan fingerprint density at radius 2 is 1.74 bits per heavy atom. The van der Waals surface area contributed by atoms with Crippen molar-refractivity contribution in [1.29, 1.82) is 5.26 Å². The fourth-order valence-electron chi connectivity index (χ4n) is 5.58. The van der Waals surface area contributed by atoms with Crippen LogP contribution in [-0.4, -0.2) is 32.0 Å². The number of rotatable bonds is 9. The molecule has 5 aromatic carbocycles. The highest BCUT2D eigenvalue weighted by Gasteiger charge is 2.22. The van der Waals surface area contributed by atoms with Gasteiger partial charge in [-0.05, 0) is 96.8 Å². The number of thioether (sulfide) groups is 1. The van der Waals surface area contributed by atoms with Crippen LogP contribution in [0.5, 0.6) is 0 Å². The topological polar surface area (TPSA) is 137 Å². The molecule has 0 aliphatic heterocycles. The van der Waals surface area contributed by atoms with Gasteiger partial charge in [-0.15, -0.1) is 0 Å². The number of nitrogens with one attached hydrogen (secondary N) is 3. The lowest BCUT2D eigenvalue weighted by Gasteiger charge is -2.13. The van der Waals surface area contributed by atoms with E-state index in [2.05, 4.69) is 32.7 Å². The molecule has 0 saturated carbocycles. The van der Waals surface area contributed by atoms with E-state index in [4.69, 9.17) is 21.0 Å². The van der Waals surface area contributed by atoms with Crippen LogP contribution in [0, 0.1) is 18.3 Å². The number of nitriles is 1. The fraction of sp³-hybridized carbons (Fsp3) is 0.103. The van der Waals surface area contributed by atoms with Gasteiger partial charge in [0.15, 0.2) is 5.58 Å². The van der Waals surface area contributed by atoms with Gasteiger partial charge in [0.1, 0.15) is 17.4 Å². The minimum Gasteiger partial charge on any atom is -0.431 e. The second-order valence-corrected chi connectivity index (χ2v) is 13.3. The second kappa shape index (κ2) is 13.9. The molecule has 0 fully saturated rings. The third kappa shape index (κ3) is 6.96. The summed E-state index contributed by atoms with van der Waals surface area (Å²) in [5, 5.41) is 15.5. The Balaban J connectivity index is 1.08. The number of para-hydroxylation sites is 1. The van der Waals surface area contributed by atoms with Gasteiger partial charge < -0.3 is 20.0 Å². The highest BCUT2D eigenvalue weighted by molar-refractivity contribution is 8.00. The number of hydrogen-bond donors (Lipinski definition) is 3. The Hall–Kier alpha value is -5.89. The van der Waals surface area contributed by atoms with Crippen LogP contribution in [0.1, 0.15) is 34.8 Å². The zero-order chi connectivity index (χ0) is 34.8. The molecular formula is C39H29ClN6O3S. The Labute approximate surface area is 296 Å². The van der Waals surface area contributed by atoms with Gasteiger partial charge in [-0.2, -0.15) is 5.26 Å². The van der Waals surface area contributed by atoms with Crippen molar-refractivity contribution in [2.75, 3.05) is 10.6 Å². The molecule has 1 unspecified atom stereocenters. The molecule has 9 nitrogen and oxygen atoms in total. The lowest BCUT2D eigenvalue weighted by molar-refractivity contribution is -0.115. The number of oxazole rings is 1. The van der Waals surface area contributed by atoms with Crippen LogP contribution in [0.4, 0.5) is 11.4 Å². The number of nitrogens with zero attached hydrogens (tertiary/aromatic N) is 3. The van der Waals surface area contributed by atoms with E-state index in [0.717, 1.165) is 33.3 Å². The van der Waals surface area contributed by atoms with Crippen LogP contribution in [0.15, 0.2) is 113 Å². The quantitative estimate of drug-likeness (QED) is 0.128. The van der Waals surface area contributed by atoms with Gasteiger partial charge in [0.25, 0.3) is 11.1 Å². The maximum absolute atomic E-state index is 13.5. The van der Waals surface area contributed by atoms with E-state index in [9.17, 15) is 14.9 Å². The van der Waals surface area contributed by atoms with E-state index in [0.29, 0.717) is 56.1 Å². The number of carbonyl (C=O) groups is 2. The largest absolute Gasteiger partial charge is 0.431 e. The monoisotopic (exact) mass is 696 g/mol. The zero-order valence-corrected chi connectivity index (χ0v) is 28.5. The van der Waals surface area contributed by atoms with Crippen molar-refractivity contribution in [3.05, 3.63) is 125 Å². The first-order chi connectivity index (χ1) is 24.3. The molecule has 2 aromatic heterocycles. The summed E-state index contributed by atoms with van der Waals surface area (Å²) >= 11 is 7.73. The molecule has 7 aromatic rings. The van der Waals surface area contributed by atoms with Crippen LogP contribution in [0.3, 0.4) is 0 Å². The van der Waals surface area contributed by atoms with Crippen molar-refractivity contribution >= 4 is 68.7 Å². The average molecular weight is 697 g/mol. The number of anilines is 2. The van der Waals surface area contributed by atoms with Crippen molar-refractivity contribution in [3.8, 4) is 28.6 Å². The summed E-state index contributed by atoms with van der Waals surface area (Å²) < 4.78 is 6.07.